The molecule has 0 radical (unpaired) electrons. The highest BCUT2D eigenvalue weighted by Crippen LogP contribution is 2.44. The van der Waals surface area contributed by atoms with Crippen molar-refractivity contribution in [2.45, 2.75) is 13.3 Å². The number of allylic oxidation sites excluding steroid dienone is 1. The molecule has 0 amide bonds. The summed E-state index contributed by atoms with van der Waals surface area (Å²) in [7, 11) is 0. The Hall–Kier alpha value is -1.22. The second kappa shape index (κ2) is 4.11. The molecule has 1 aromatic carbocycles. The van der Waals surface area contributed by atoms with E-state index in [1.54, 1.807) is 11.9 Å². The highest BCUT2D eigenvalue weighted by Gasteiger charge is 2.29. The van der Waals surface area contributed by atoms with Gasteiger partial charge in [-0.2, -0.15) is 0 Å². The lowest BCUT2D eigenvalue weighted by atomic mass is 10.1. The van der Waals surface area contributed by atoms with Gasteiger partial charge >= 0.3 is 0 Å². The summed E-state index contributed by atoms with van der Waals surface area (Å²) >= 11 is 1.72. The van der Waals surface area contributed by atoms with Gasteiger partial charge in [0, 0.05) is 18.2 Å². The maximum atomic E-state index is 10.3. The molecule has 15 heavy (non-hydrogen) atoms. The summed E-state index contributed by atoms with van der Waals surface area (Å²) in [5, 5.41) is 0. The molecule has 1 aliphatic heterocycles. The number of hydrogen-bond acceptors (Lipinski definition) is 3. The van der Waals surface area contributed by atoms with Gasteiger partial charge in [0.25, 0.3) is 0 Å². The zero-order chi connectivity index (χ0) is 10.8. The van der Waals surface area contributed by atoms with Gasteiger partial charge < -0.3 is 4.79 Å². The van der Waals surface area contributed by atoms with E-state index in [0.29, 0.717) is 6.42 Å². The minimum atomic E-state index is 0.505. The van der Waals surface area contributed by atoms with Gasteiger partial charge in [0.05, 0.1) is 11.4 Å². The number of rotatable bonds is 4. The maximum Gasteiger partial charge on any atom is 0.124 e. The molecular formula is C12H13NOS. The van der Waals surface area contributed by atoms with Gasteiger partial charge in [-0.3, -0.25) is 4.31 Å². The molecule has 0 fully saturated rings. The van der Waals surface area contributed by atoms with Crippen molar-refractivity contribution in [3.63, 3.8) is 0 Å². The Morgan fingerprint density at radius 3 is 2.47 bits per heavy atom. The van der Waals surface area contributed by atoms with E-state index in [-0.39, 0.29) is 0 Å². The molecule has 1 aromatic rings. The van der Waals surface area contributed by atoms with Gasteiger partial charge in [-0.15, -0.1) is 0 Å². The van der Waals surface area contributed by atoms with Crippen LogP contribution in [0.15, 0.2) is 30.0 Å². The molecule has 0 atom stereocenters. The summed E-state index contributed by atoms with van der Waals surface area (Å²) in [5.41, 5.74) is 4.94. The van der Waals surface area contributed by atoms with Crippen LogP contribution in [0.5, 0.6) is 0 Å². The molecule has 78 valence electrons. The zero-order valence-corrected chi connectivity index (χ0v) is 9.67. The fourth-order valence-corrected chi connectivity index (χ4v) is 2.42. The Kier molecular flexibility index (Phi) is 2.82. The van der Waals surface area contributed by atoms with Crippen molar-refractivity contribution in [3.8, 4) is 0 Å². The molecule has 3 heteroatoms. The summed E-state index contributed by atoms with van der Waals surface area (Å²) in [4.78, 5) is 10.3. The molecule has 1 aliphatic rings. The largest absolute Gasteiger partial charge is 0.303 e. The third kappa shape index (κ3) is 1.92. The number of carbonyl (C=O) groups excluding carboxylic acids is 1. The second-order valence-electron chi connectivity index (χ2n) is 3.48. The number of carbonyl (C=O) groups is 1. The SMILES string of the molecule is CSN1C(C)=C1c1ccc(CC=O)cc1. The molecule has 2 rings (SSSR count). The van der Waals surface area contributed by atoms with Crippen molar-refractivity contribution >= 4 is 23.9 Å². The van der Waals surface area contributed by atoms with Gasteiger partial charge in [-0.05, 0) is 24.4 Å². The molecule has 0 aromatic heterocycles. The van der Waals surface area contributed by atoms with Crippen LogP contribution in [0.3, 0.4) is 0 Å². The first-order valence-electron chi connectivity index (χ1n) is 4.86. The van der Waals surface area contributed by atoms with Crippen LogP contribution in [0.2, 0.25) is 0 Å². The summed E-state index contributed by atoms with van der Waals surface area (Å²) in [5.74, 6) is 0. The summed E-state index contributed by atoms with van der Waals surface area (Å²) in [6.07, 6.45) is 3.51. The van der Waals surface area contributed by atoms with Gasteiger partial charge in [0.2, 0.25) is 0 Å². The van der Waals surface area contributed by atoms with Crippen LogP contribution in [0, 0.1) is 0 Å². The van der Waals surface area contributed by atoms with Gasteiger partial charge in [0.1, 0.15) is 6.29 Å². The minimum absolute atomic E-state index is 0.505. The molecule has 0 spiro atoms. The van der Waals surface area contributed by atoms with E-state index < -0.39 is 0 Å². The van der Waals surface area contributed by atoms with E-state index in [1.165, 1.54) is 17.0 Å². The van der Waals surface area contributed by atoms with Crippen LogP contribution in [0.25, 0.3) is 5.70 Å². The first-order chi connectivity index (χ1) is 7.27. The fraction of sp³-hybridized carbons (Fsp3) is 0.250. The Bertz CT molecular complexity index is 408. The van der Waals surface area contributed by atoms with E-state index in [2.05, 4.69) is 29.6 Å². The van der Waals surface area contributed by atoms with Crippen LogP contribution in [-0.4, -0.2) is 16.8 Å². The lowest BCUT2D eigenvalue weighted by Crippen LogP contribution is -1.88. The summed E-state index contributed by atoms with van der Waals surface area (Å²) in [6, 6.07) is 8.18. The molecule has 2 nitrogen and oxygen atoms in total. The molecule has 0 saturated carbocycles. The summed E-state index contributed by atoms with van der Waals surface area (Å²) in [6.45, 7) is 2.12. The topological polar surface area (TPSA) is 20.1 Å². The molecular weight excluding hydrogens is 206 g/mol. The van der Waals surface area contributed by atoms with E-state index in [1.807, 2.05) is 12.1 Å². The molecule has 0 saturated heterocycles. The van der Waals surface area contributed by atoms with E-state index in [0.717, 1.165) is 11.8 Å². The number of aldehydes is 1. The third-order valence-electron chi connectivity index (χ3n) is 2.53. The summed E-state index contributed by atoms with van der Waals surface area (Å²) < 4.78 is 2.20. The first kappa shape index (κ1) is 10.3. The fourth-order valence-electron chi connectivity index (χ4n) is 1.68. The Morgan fingerprint density at radius 1 is 1.33 bits per heavy atom. The van der Waals surface area contributed by atoms with Crippen molar-refractivity contribution in [2.75, 3.05) is 6.26 Å². The van der Waals surface area contributed by atoms with Crippen molar-refractivity contribution in [1.29, 1.82) is 0 Å². The van der Waals surface area contributed by atoms with Crippen LogP contribution < -0.4 is 0 Å². The average Bonchev–Trinajstić information content (AvgIpc) is 2.91. The Morgan fingerprint density at radius 2 is 2.00 bits per heavy atom. The van der Waals surface area contributed by atoms with Crippen molar-refractivity contribution in [2.24, 2.45) is 0 Å². The molecule has 0 bridgehead atoms. The lowest BCUT2D eigenvalue weighted by molar-refractivity contribution is -0.107. The quantitative estimate of drug-likeness (QED) is 0.573. The standard InChI is InChI=1S/C12H13NOS/c1-9-12(13(9)15-2)11-5-3-10(4-6-11)7-8-14/h3-6,8H,7H2,1-2H3. The Balaban J connectivity index is 2.15. The molecule has 1 heterocycles. The van der Waals surface area contributed by atoms with E-state index in [4.69, 9.17) is 0 Å². The molecule has 0 unspecified atom stereocenters. The average molecular weight is 219 g/mol. The lowest BCUT2D eigenvalue weighted by Gasteiger charge is -2.01. The second-order valence-corrected chi connectivity index (χ2v) is 4.21. The molecule has 0 N–H and O–H groups in total. The van der Waals surface area contributed by atoms with Crippen molar-refractivity contribution in [3.05, 3.63) is 41.1 Å². The van der Waals surface area contributed by atoms with Crippen LogP contribution >= 0.6 is 11.9 Å². The highest BCUT2D eigenvalue weighted by molar-refractivity contribution is 7.97. The number of hydrogen-bond donors (Lipinski definition) is 0. The minimum Gasteiger partial charge on any atom is -0.303 e. The zero-order valence-electron chi connectivity index (χ0n) is 8.86. The highest BCUT2D eigenvalue weighted by atomic mass is 32.2. The molecule has 0 aliphatic carbocycles. The third-order valence-corrected chi connectivity index (χ3v) is 3.35. The van der Waals surface area contributed by atoms with Crippen LogP contribution in [0.4, 0.5) is 0 Å². The van der Waals surface area contributed by atoms with Crippen molar-refractivity contribution in [1.82, 2.24) is 4.31 Å². The van der Waals surface area contributed by atoms with Gasteiger partial charge in [0.15, 0.2) is 0 Å². The normalized spacial score (nSPS) is 14.4. The van der Waals surface area contributed by atoms with Gasteiger partial charge in [-0.1, -0.05) is 24.3 Å². The first-order valence-corrected chi connectivity index (χ1v) is 6.04. The monoisotopic (exact) mass is 219 g/mol. The maximum absolute atomic E-state index is 10.3. The smallest absolute Gasteiger partial charge is 0.124 e. The van der Waals surface area contributed by atoms with Gasteiger partial charge in [-0.25, -0.2) is 0 Å². The van der Waals surface area contributed by atoms with Crippen molar-refractivity contribution < 1.29 is 4.79 Å². The van der Waals surface area contributed by atoms with Crippen LogP contribution in [-0.2, 0) is 11.2 Å². The van der Waals surface area contributed by atoms with E-state index in [9.17, 15) is 4.79 Å². The predicted molar refractivity (Wildman–Crippen MR) is 64.2 cm³/mol. The van der Waals surface area contributed by atoms with E-state index >= 15 is 0 Å². The predicted octanol–water partition coefficient (Wildman–Crippen LogP) is 2.71. The number of benzene rings is 1. The van der Waals surface area contributed by atoms with Crippen LogP contribution in [0.1, 0.15) is 18.1 Å². The Labute approximate surface area is 94.1 Å². The number of nitrogens with zero attached hydrogens (tertiary/aromatic N) is 1.